The van der Waals surface area contributed by atoms with E-state index in [2.05, 4.69) is 46.9 Å². The van der Waals surface area contributed by atoms with Crippen LogP contribution in [0.4, 0.5) is 0 Å². The highest BCUT2D eigenvalue weighted by atomic mass is 32.1. The number of aryl methyl sites for hydroxylation is 1. The highest BCUT2D eigenvalue weighted by Crippen LogP contribution is 2.29. The molecule has 0 saturated carbocycles. The van der Waals surface area contributed by atoms with E-state index in [1.807, 2.05) is 11.3 Å². The van der Waals surface area contributed by atoms with Crippen molar-refractivity contribution in [3.05, 3.63) is 15.6 Å². The molecule has 1 N–H and O–H groups in total. The summed E-state index contributed by atoms with van der Waals surface area (Å²) in [7, 11) is 0. The number of nitrogens with one attached hydrogen (secondary N) is 1. The summed E-state index contributed by atoms with van der Waals surface area (Å²) in [5, 5.41) is 4.73. The number of nitrogens with zero attached hydrogens (tertiary/aromatic N) is 1. The summed E-state index contributed by atoms with van der Waals surface area (Å²) in [6.07, 6.45) is 1.03. The van der Waals surface area contributed by atoms with Crippen molar-refractivity contribution in [1.82, 2.24) is 10.3 Å². The highest BCUT2D eigenvalue weighted by molar-refractivity contribution is 7.11. The van der Waals surface area contributed by atoms with Crippen molar-refractivity contribution >= 4 is 11.3 Å². The molecule has 1 heterocycles. The molecule has 0 atom stereocenters. The summed E-state index contributed by atoms with van der Waals surface area (Å²) in [4.78, 5) is 6.16. The topological polar surface area (TPSA) is 24.9 Å². The molecule has 1 aromatic rings. The zero-order chi connectivity index (χ0) is 12.3. The minimum absolute atomic E-state index is 0.171. The minimum atomic E-state index is 0.171. The molecular formula is C13H24N2S. The predicted octanol–water partition coefficient (Wildman–Crippen LogP) is 3.50. The van der Waals surface area contributed by atoms with E-state index in [1.54, 1.807) is 0 Å². The standard InChI is InChI=1S/C13H24N2S/c1-7-10-11(8-14-9(2)3)16-12(15-10)13(4,5)6/h9,14H,7-8H2,1-6H3. The van der Waals surface area contributed by atoms with Crippen LogP contribution in [0.3, 0.4) is 0 Å². The largest absolute Gasteiger partial charge is 0.310 e. The van der Waals surface area contributed by atoms with E-state index >= 15 is 0 Å². The van der Waals surface area contributed by atoms with Crippen LogP contribution in [-0.2, 0) is 18.4 Å². The van der Waals surface area contributed by atoms with Gasteiger partial charge in [-0.2, -0.15) is 0 Å². The van der Waals surface area contributed by atoms with Crippen LogP contribution in [0.5, 0.6) is 0 Å². The molecule has 1 aromatic heterocycles. The lowest BCUT2D eigenvalue weighted by Crippen LogP contribution is -2.21. The zero-order valence-corrected chi connectivity index (χ0v) is 12.2. The summed E-state index contributed by atoms with van der Waals surface area (Å²) in [5.41, 5.74) is 1.44. The van der Waals surface area contributed by atoms with Crippen molar-refractivity contribution in [2.45, 2.75) is 66.0 Å². The van der Waals surface area contributed by atoms with Crippen LogP contribution in [0.2, 0.25) is 0 Å². The lowest BCUT2D eigenvalue weighted by Gasteiger charge is -2.13. The van der Waals surface area contributed by atoms with Gasteiger partial charge in [0.1, 0.15) is 0 Å². The molecule has 0 unspecified atom stereocenters. The van der Waals surface area contributed by atoms with Gasteiger partial charge in [0.05, 0.1) is 10.7 Å². The third-order valence-electron chi connectivity index (χ3n) is 2.43. The van der Waals surface area contributed by atoms with E-state index in [0.717, 1.165) is 13.0 Å². The molecule has 0 radical (unpaired) electrons. The lowest BCUT2D eigenvalue weighted by atomic mass is 9.98. The molecule has 0 aromatic carbocycles. The van der Waals surface area contributed by atoms with Gasteiger partial charge in [-0.3, -0.25) is 0 Å². The molecule has 0 amide bonds. The number of rotatable bonds is 4. The molecule has 3 heteroatoms. The summed E-state index contributed by atoms with van der Waals surface area (Å²) in [5.74, 6) is 0. The first kappa shape index (κ1) is 13.7. The Labute approximate surface area is 103 Å². The van der Waals surface area contributed by atoms with Crippen molar-refractivity contribution < 1.29 is 0 Å². The lowest BCUT2D eigenvalue weighted by molar-refractivity contribution is 0.581. The summed E-state index contributed by atoms with van der Waals surface area (Å²) >= 11 is 1.86. The minimum Gasteiger partial charge on any atom is -0.310 e. The van der Waals surface area contributed by atoms with E-state index in [9.17, 15) is 0 Å². The number of aromatic nitrogens is 1. The van der Waals surface area contributed by atoms with Crippen molar-refractivity contribution in [1.29, 1.82) is 0 Å². The summed E-state index contributed by atoms with van der Waals surface area (Å²) in [6.45, 7) is 14.2. The normalized spacial score (nSPS) is 12.4. The van der Waals surface area contributed by atoms with E-state index in [4.69, 9.17) is 4.98 Å². The molecule has 16 heavy (non-hydrogen) atoms. The fourth-order valence-electron chi connectivity index (χ4n) is 1.42. The SMILES string of the molecule is CCc1nc(C(C)(C)C)sc1CNC(C)C. The van der Waals surface area contributed by atoms with Crippen molar-refractivity contribution in [2.24, 2.45) is 0 Å². The maximum atomic E-state index is 4.76. The Morgan fingerprint density at radius 2 is 1.94 bits per heavy atom. The molecule has 1 rings (SSSR count). The Morgan fingerprint density at radius 1 is 1.31 bits per heavy atom. The van der Waals surface area contributed by atoms with Crippen molar-refractivity contribution in [3.63, 3.8) is 0 Å². The molecule has 2 nitrogen and oxygen atoms in total. The van der Waals surface area contributed by atoms with Crippen LogP contribution in [-0.4, -0.2) is 11.0 Å². The second-order valence-electron chi connectivity index (χ2n) is 5.53. The average molecular weight is 240 g/mol. The van der Waals surface area contributed by atoms with Gasteiger partial charge in [0.25, 0.3) is 0 Å². The van der Waals surface area contributed by atoms with E-state index in [1.165, 1.54) is 15.6 Å². The average Bonchev–Trinajstić information content (AvgIpc) is 2.56. The first-order valence-electron chi connectivity index (χ1n) is 6.07. The number of hydrogen-bond acceptors (Lipinski definition) is 3. The second-order valence-corrected chi connectivity index (χ2v) is 6.61. The molecule has 0 saturated heterocycles. The fraction of sp³-hybridized carbons (Fsp3) is 0.769. The van der Waals surface area contributed by atoms with E-state index in [-0.39, 0.29) is 5.41 Å². The Kier molecular flexibility index (Phi) is 4.51. The molecule has 0 fully saturated rings. The van der Waals surface area contributed by atoms with Crippen molar-refractivity contribution in [3.8, 4) is 0 Å². The van der Waals surface area contributed by atoms with Gasteiger partial charge in [-0.15, -0.1) is 11.3 Å². The maximum Gasteiger partial charge on any atom is 0.0985 e. The Morgan fingerprint density at radius 3 is 2.38 bits per heavy atom. The maximum absolute atomic E-state index is 4.76. The summed E-state index contributed by atoms with van der Waals surface area (Å²) < 4.78 is 0. The fourth-order valence-corrected chi connectivity index (χ4v) is 2.57. The molecular weight excluding hydrogens is 216 g/mol. The smallest absolute Gasteiger partial charge is 0.0985 e. The Bertz CT molecular complexity index is 334. The van der Waals surface area contributed by atoms with Gasteiger partial charge in [0, 0.05) is 22.9 Å². The van der Waals surface area contributed by atoms with Crippen LogP contribution < -0.4 is 5.32 Å². The molecule has 92 valence electrons. The van der Waals surface area contributed by atoms with Gasteiger partial charge >= 0.3 is 0 Å². The van der Waals surface area contributed by atoms with Gasteiger partial charge in [-0.05, 0) is 6.42 Å². The Balaban J connectivity index is 2.87. The molecule has 0 bridgehead atoms. The van der Waals surface area contributed by atoms with Crippen LogP contribution in [0.15, 0.2) is 0 Å². The third-order valence-corrected chi connectivity index (χ3v) is 3.95. The zero-order valence-electron chi connectivity index (χ0n) is 11.3. The van der Waals surface area contributed by atoms with Gasteiger partial charge in [0.15, 0.2) is 0 Å². The van der Waals surface area contributed by atoms with Gasteiger partial charge in [-0.1, -0.05) is 41.5 Å². The first-order valence-corrected chi connectivity index (χ1v) is 6.88. The first-order chi connectivity index (χ1) is 7.34. The van der Waals surface area contributed by atoms with E-state index in [0.29, 0.717) is 6.04 Å². The number of thiazole rings is 1. The van der Waals surface area contributed by atoms with Crippen LogP contribution in [0.1, 0.15) is 57.1 Å². The van der Waals surface area contributed by atoms with E-state index < -0.39 is 0 Å². The summed E-state index contributed by atoms with van der Waals surface area (Å²) in [6, 6.07) is 0.532. The monoisotopic (exact) mass is 240 g/mol. The van der Waals surface area contributed by atoms with Crippen LogP contribution >= 0.6 is 11.3 Å². The second kappa shape index (κ2) is 5.28. The van der Waals surface area contributed by atoms with Gasteiger partial charge < -0.3 is 5.32 Å². The number of hydrogen-bond donors (Lipinski definition) is 1. The molecule has 0 spiro atoms. The van der Waals surface area contributed by atoms with Crippen LogP contribution in [0, 0.1) is 0 Å². The van der Waals surface area contributed by atoms with Crippen LogP contribution in [0.25, 0.3) is 0 Å². The molecule has 0 aliphatic carbocycles. The molecule has 0 aliphatic rings. The predicted molar refractivity (Wildman–Crippen MR) is 72.2 cm³/mol. The van der Waals surface area contributed by atoms with Gasteiger partial charge in [-0.25, -0.2) is 4.98 Å². The quantitative estimate of drug-likeness (QED) is 0.871. The molecule has 0 aliphatic heterocycles. The van der Waals surface area contributed by atoms with Gasteiger partial charge in [0.2, 0.25) is 0 Å². The third kappa shape index (κ3) is 3.56. The van der Waals surface area contributed by atoms with Crippen molar-refractivity contribution in [2.75, 3.05) is 0 Å². The highest BCUT2D eigenvalue weighted by Gasteiger charge is 2.20. The Hall–Kier alpha value is -0.410.